The highest BCUT2D eigenvalue weighted by Gasteiger charge is 2.35. The molecule has 3 rings (SSSR count). The predicted octanol–water partition coefficient (Wildman–Crippen LogP) is 0.909. The maximum Gasteiger partial charge on any atom is 0.261 e. The highest BCUT2D eigenvalue weighted by molar-refractivity contribution is 6.21. The lowest BCUT2D eigenvalue weighted by Gasteiger charge is -2.10. The third-order valence-corrected chi connectivity index (χ3v) is 2.82. The van der Waals surface area contributed by atoms with Crippen LogP contribution >= 0.6 is 0 Å². The van der Waals surface area contributed by atoms with Gasteiger partial charge in [-0.1, -0.05) is 12.1 Å². The van der Waals surface area contributed by atoms with Crippen LogP contribution in [0.25, 0.3) is 0 Å². The van der Waals surface area contributed by atoms with Gasteiger partial charge in [0.2, 0.25) is 0 Å². The van der Waals surface area contributed by atoms with Gasteiger partial charge < -0.3 is 0 Å². The summed E-state index contributed by atoms with van der Waals surface area (Å²) >= 11 is 0. The van der Waals surface area contributed by atoms with Gasteiger partial charge in [0.05, 0.1) is 17.7 Å². The van der Waals surface area contributed by atoms with Gasteiger partial charge in [-0.05, 0) is 19.1 Å². The average molecular weight is 242 g/mol. The van der Waals surface area contributed by atoms with Crippen LogP contribution in [0.5, 0.6) is 0 Å². The first kappa shape index (κ1) is 10.6. The summed E-state index contributed by atoms with van der Waals surface area (Å²) in [5.74, 6) is 0.500. The molecular formula is C12H10N4O2. The van der Waals surface area contributed by atoms with Crippen molar-refractivity contribution in [3.05, 3.63) is 47.0 Å². The molecule has 0 saturated heterocycles. The van der Waals surface area contributed by atoms with Crippen LogP contribution in [-0.2, 0) is 6.54 Å². The molecule has 0 radical (unpaired) electrons. The average Bonchev–Trinajstić information content (AvgIpc) is 2.88. The van der Waals surface area contributed by atoms with Crippen molar-refractivity contribution in [3.8, 4) is 0 Å². The topological polar surface area (TPSA) is 79.0 Å². The Bertz CT molecular complexity index is 612. The highest BCUT2D eigenvalue weighted by Crippen LogP contribution is 2.23. The largest absolute Gasteiger partial charge is 0.269 e. The number of rotatable bonds is 2. The van der Waals surface area contributed by atoms with Crippen LogP contribution in [0.15, 0.2) is 24.3 Å². The van der Waals surface area contributed by atoms with Gasteiger partial charge in [-0.3, -0.25) is 19.6 Å². The third kappa shape index (κ3) is 1.50. The summed E-state index contributed by atoms with van der Waals surface area (Å²) in [7, 11) is 0. The van der Waals surface area contributed by atoms with E-state index in [0.29, 0.717) is 22.8 Å². The van der Waals surface area contributed by atoms with Gasteiger partial charge in [0.25, 0.3) is 11.8 Å². The van der Waals surface area contributed by atoms with E-state index in [-0.39, 0.29) is 18.4 Å². The molecule has 0 bridgehead atoms. The second kappa shape index (κ2) is 3.76. The zero-order chi connectivity index (χ0) is 12.7. The number of hydrogen-bond acceptors (Lipinski definition) is 4. The Morgan fingerprint density at radius 3 is 2.28 bits per heavy atom. The van der Waals surface area contributed by atoms with E-state index >= 15 is 0 Å². The molecule has 1 aromatic carbocycles. The van der Waals surface area contributed by atoms with Gasteiger partial charge in [-0.2, -0.15) is 5.10 Å². The maximum atomic E-state index is 12.1. The number of hydrogen-bond donors (Lipinski definition) is 1. The SMILES string of the molecule is Cc1nc(CN2C(=O)c3ccccc3C2=O)n[nH]1. The molecule has 0 fully saturated rings. The monoisotopic (exact) mass is 242 g/mol. The molecule has 1 N–H and O–H groups in total. The van der Waals surface area contributed by atoms with E-state index in [2.05, 4.69) is 15.2 Å². The Balaban J connectivity index is 1.92. The van der Waals surface area contributed by atoms with E-state index in [1.165, 1.54) is 0 Å². The lowest BCUT2D eigenvalue weighted by atomic mass is 10.1. The lowest BCUT2D eigenvalue weighted by Crippen LogP contribution is -2.29. The fraction of sp³-hybridized carbons (Fsp3) is 0.167. The second-order valence-corrected chi connectivity index (χ2v) is 4.08. The number of nitrogens with zero attached hydrogens (tertiary/aromatic N) is 3. The van der Waals surface area contributed by atoms with Crippen LogP contribution in [0.4, 0.5) is 0 Å². The molecular weight excluding hydrogens is 232 g/mol. The van der Waals surface area contributed by atoms with E-state index in [0.717, 1.165) is 4.90 Å². The number of aromatic nitrogens is 3. The van der Waals surface area contributed by atoms with E-state index in [1.807, 2.05) is 0 Å². The number of imide groups is 1. The summed E-state index contributed by atoms with van der Waals surface area (Å²) in [5.41, 5.74) is 0.879. The molecule has 90 valence electrons. The van der Waals surface area contributed by atoms with Crippen molar-refractivity contribution >= 4 is 11.8 Å². The molecule has 2 aromatic rings. The normalized spacial score (nSPS) is 14.2. The molecule has 2 amide bonds. The zero-order valence-corrected chi connectivity index (χ0v) is 9.67. The van der Waals surface area contributed by atoms with Crippen molar-refractivity contribution in [2.24, 2.45) is 0 Å². The molecule has 1 aliphatic rings. The van der Waals surface area contributed by atoms with Gasteiger partial charge in [0.1, 0.15) is 5.82 Å². The molecule has 6 heteroatoms. The number of nitrogens with one attached hydrogen (secondary N) is 1. The predicted molar refractivity (Wildman–Crippen MR) is 61.8 cm³/mol. The first-order chi connectivity index (χ1) is 8.66. The number of H-pyrrole nitrogens is 1. The first-order valence-electron chi connectivity index (χ1n) is 5.50. The molecule has 0 unspecified atom stereocenters. The Morgan fingerprint density at radius 2 is 1.78 bits per heavy atom. The van der Waals surface area contributed by atoms with Crippen molar-refractivity contribution < 1.29 is 9.59 Å². The van der Waals surface area contributed by atoms with Crippen molar-refractivity contribution in [1.82, 2.24) is 20.1 Å². The van der Waals surface area contributed by atoms with Crippen molar-refractivity contribution in [2.75, 3.05) is 0 Å². The van der Waals surface area contributed by atoms with Crippen LogP contribution in [0.2, 0.25) is 0 Å². The highest BCUT2D eigenvalue weighted by atomic mass is 16.2. The van der Waals surface area contributed by atoms with Gasteiger partial charge in [-0.25, -0.2) is 4.98 Å². The van der Waals surface area contributed by atoms with Crippen molar-refractivity contribution in [3.63, 3.8) is 0 Å². The molecule has 0 atom stereocenters. The third-order valence-electron chi connectivity index (χ3n) is 2.82. The Kier molecular flexibility index (Phi) is 2.22. The quantitative estimate of drug-likeness (QED) is 0.794. The number of benzene rings is 1. The van der Waals surface area contributed by atoms with E-state index < -0.39 is 0 Å². The summed E-state index contributed by atoms with van der Waals surface area (Å²) in [6.07, 6.45) is 0. The minimum Gasteiger partial charge on any atom is -0.269 e. The molecule has 6 nitrogen and oxygen atoms in total. The Morgan fingerprint density at radius 1 is 1.17 bits per heavy atom. The van der Waals surface area contributed by atoms with Crippen LogP contribution in [-0.4, -0.2) is 31.9 Å². The second-order valence-electron chi connectivity index (χ2n) is 4.08. The van der Waals surface area contributed by atoms with Gasteiger partial charge in [0.15, 0.2) is 5.82 Å². The molecule has 0 spiro atoms. The number of fused-ring (bicyclic) bond motifs is 1. The standard InChI is InChI=1S/C12H10N4O2/c1-7-13-10(15-14-7)6-16-11(17)8-4-2-3-5-9(8)12(16)18/h2-5H,6H2,1H3,(H,13,14,15). The summed E-state index contributed by atoms with van der Waals surface area (Å²) in [6.45, 7) is 1.86. The molecule has 18 heavy (non-hydrogen) atoms. The number of aromatic amines is 1. The summed E-state index contributed by atoms with van der Waals surface area (Å²) in [5, 5.41) is 6.61. The van der Waals surface area contributed by atoms with Crippen LogP contribution in [0.3, 0.4) is 0 Å². The molecule has 0 aliphatic carbocycles. The molecule has 2 heterocycles. The molecule has 1 aromatic heterocycles. The van der Waals surface area contributed by atoms with E-state index in [4.69, 9.17) is 0 Å². The fourth-order valence-electron chi connectivity index (χ4n) is 1.98. The Labute approximate surface area is 103 Å². The number of carbonyl (C=O) groups excluding carboxylic acids is 2. The van der Waals surface area contributed by atoms with E-state index in [9.17, 15) is 9.59 Å². The number of amides is 2. The number of carbonyl (C=O) groups is 2. The Hall–Kier alpha value is -2.50. The first-order valence-corrected chi connectivity index (χ1v) is 5.50. The molecule has 1 aliphatic heterocycles. The van der Waals surface area contributed by atoms with Crippen molar-refractivity contribution in [2.45, 2.75) is 13.5 Å². The summed E-state index contributed by atoms with van der Waals surface area (Å²) in [6, 6.07) is 6.78. The van der Waals surface area contributed by atoms with Crippen LogP contribution in [0, 0.1) is 6.92 Å². The zero-order valence-electron chi connectivity index (χ0n) is 9.67. The van der Waals surface area contributed by atoms with Crippen LogP contribution in [0.1, 0.15) is 32.4 Å². The summed E-state index contributed by atoms with van der Waals surface area (Å²) in [4.78, 5) is 29.4. The maximum absolute atomic E-state index is 12.1. The number of aryl methyl sites for hydroxylation is 1. The lowest BCUT2D eigenvalue weighted by molar-refractivity contribution is 0.0638. The minimum atomic E-state index is -0.293. The van der Waals surface area contributed by atoms with Crippen LogP contribution < -0.4 is 0 Å². The summed E-state index contributed by atoms with van der Waals surface area (Å²) < 4.78 is 0. The van der Waals surface area contributed by atoms with Gasteiger partial charge in [-0.15, -0.1) is 0 Å². The van der Waals surface area contributed by atoms with Gasteiger partial charge in [0, 0.05) is 0 Å². The van der Waals surface area contributed by atoms with Gasteiger partial charge >= 0.3 is 0 Å². The van der Waals surface area contributed by atoms with Crippen molar-refractivity contribution in [1.29, 1.82) is 0 Å². The van der Waals surface area contributed by atoms with E-state index in [1.54, 1.807) is 31.2 Å². The molecule has 0 saturated carbocycles. The smallest absolute Gasteiger partial charge is 0.261 e. The minimum absolute atomic E-state index is 0.0939. The fourth-order valence-corrected chi connectivity index (χ4v) is 1.98.